The highest BCUT2D eigenvalue weighted by Crippen LogP contribution is 2.17. The predicted octanol–water partition coefficient (Wildman–Crippen LogP) is -0.335. The molecule has 0 saturated carbocycles. The summed E-state index contributed by atoms with van der Waals surface area (Å²) < 4.78 is 4.85. The molecular weight excluding hydrogens is 274 g/mol. The Balaban J connectivity index is 2.07. The molecule has 0 radical (unpaired) electrons. The molecule has 3 N–H and O–H groups in total. The molecule has 1 fully saturated rings. The molecule has 1 heterocycles. The molecule has 0 spiro atoms. The first-order valence-corrected chi connectivity index (χ1v) is 6.53. The Kier molecular flexibility index (Phi) is 4.66. The van der Waals surface area contributed by atoms with Gasteiger partial charge in [-0.15, -0.1) is 0 Å². The average molecular weight is 291 g/mol. The van der Waals surface area contributed by atoms with E-state index in [2.05, 4.69) is 5.43 Å². The quantitative estimate of drug-likeness (QED) is 0.342. The second-order valence-electron chi connectivity index (χ2n) is 4.84. The number of nitrogens with zero attached hydrogens (tertiary/aromatic N) is 1. The van der Waals surface area contributed by atoms with Crippen LogP contribution < -0.4 is 11.3 Å². The number of hydrogen-bond acceptors (Lipinski definition) is 5. The molecule has 0 aromatic heterocycles. The summed E-state index contributed by atoms with van der Waals surface area (Å²) in [6, 6.07) is 7.13. The highest BCUT2D eigenvalue weighted by Gasteiger charge is 2.26. The molecule has 7 heteroatoms. The normalized spacial score (nSPS) is 16.8. The number of nitrogens with one attached hydrogen (secondary N) is 1. The maximum atomic E-state index is 11.6. The fraction of sp³-hybridized carbons (Fsp3) is 0.357. The number of imide groups is 1. The maximum Gasteiger partial charge on any atom is 0.255 e. The minimum absolute atomic E-state index is 0.0719. The van der Waals surface area contributed by atoms with E-state index in [0.717, 1.165) is 11.1 Å². The van der Waals surface area contributed by atoms with Crippen molar-refractivity contribution in [3.63, 3.8) is 0 Å². The molecule has 2 rings (SSSR count). The molecule has 1 aliphatic heterocycles. The van der Waals surface area contributed by atoms with E-state index < -0.39 is 0 Å². The zero-order chi connectivity index (χ0) is 15.4. The molecule has 21 heavy (non-hydrogen) atoms. The molecule has 1 aromatic carbocycles. The summed E-state index contributed by atoms with van der Waals surface area (Å²) in [5.41, 5.74) is 3.72. The van der Waals surface area contributed by atoms with Crippen LogP contribution in [0, 0.1) is 0 Å². The Morgan fingerprint density at radius 1 is 1.29 bits per heavy atom. The van der Waals surface area contributed by atoms with Crippen LogP contribution in [0.3, 0.4) is 0 Å². The molecule has 1 aliphatic rings. The van der Waals surface area contributed by atoms with Crippen LogP contribution in [-0.2, 0) is 25.7 Å². The molecule has 112 valence electrons. The SMILES string of the molecule is CC(C(=O)NN)c1ccc(CN2C(=O)COCC2=O)cc1. The fourth-order valence-electron chi connectivity index (χ4n) is 2.07. The summed E-state index contributed by atoms with van der Waals surface area (Å²) in [6.45, 7) is 1.81. The molecule has 0 bridgehead atoms. The Labute approximate surface area is 122 Å². The lowest BCUT2D eigenvalue weighted by Gasteiger charge is -2.25. The minimum Gasteiger partial charge on any atom is -0.362 e. The smallest absolute Gasteiger partial charge is 0.255 e. The zero-order valence-electron chi connectivity index (χ0n) is 11.7. The van der Waals surface area contributed by atoms with Gasteiger partial charge in [0.25, 0.3) is 11.8 Å². The number of carbonyl (C=O) groups excluding carboxylic acids is 3. The van der Waals surface area contributed by atoms with Gasteiger partial charge in [-0.3, -0.25) is 24.7 Å². The van der Waals surface area contributed by atoms with E-state index in [1.807, 2.05) is 0 Å². The summed E-state index contributed by atoms with van der Waals surface area (Å²) in [5, 5.41) is 0. The van der Waals surface area contributed by atoms with Crippen molar-refractivity contribution in [2.45, 2.75) is 19.4 Å². The molecule has 1 saturated heterocycles. The van der Waals surface area contributed by atoms with Crippen LogP contribution in [0.25, 0.3) is 0 Å². The monoisotopic (exact) mass is 291 g/mol. The number of morpholine rings is 1. The van der Waals surface area contributed by atoms with Gasteiger partial charge in [-0.05, 0) is 18.1 Å². The van der Waals surface area contributed by atoms with E-state index in [0.29, 0.717) is 0 Å². The number of amides is 3. The third kappa shape index (κ3) is 3.45. The molecule has 0 aliphatic carbocycles. The van der Waals surface area contributed by atoms with Crippen molar-refractivity contribution in [2.24, 2.45) is 5.84 Å². The van der Waals surface area contributed by atoms with E-state index >= 15 is 0 Å². The Morgan fingerprint density at radius 2 is 1.86 bits per heavy atom. The van der Waals surface area contributed by atoms with Crippen molar-refractivity contribution >= 4 is 17.7 Å². The largest absolute Gasteiger partial charge is 0.362 e. The van der Waals surface area contributed by atoms with Crippen molar-refractivity contribution < 1.29 is 19.1 Å². The molecule has 1 aromatic rings. The highest BCUT2D eigenvalue weighted by atomic mass is 16.5. The standard InChI is InChI=1S/C14H17N3O4/c1-9(14(20)16-15)11-4-2-10(3-5-11)6-17-12(18)7-21-8-13(17)19/h2-5,9H,6-8,15H2,1H3,(H,16,20). The lowest BCUT2D eigenvalue weighted by atomic mass is 9.99. The summed E-state index contributed by atoms with van der Waals surface area (Å²) in [4.78, 5) is 35.9. The maximum absolute atomic E-state index is 11.6. The van der Waals surface area contributed by atoms with E-state index in [1.165, 1.54) is 4.90 Å². The highest BCUT2D eigenvalue weighted by molar-refractivity contribution is 5.98. The molecule has 7 nitrogen and oxygen atoms in total. The number of hydrogen-bond donors (Lipinski definition) is 2. The number of carbonyl (C=O) groups is 3. The van der Waals surface area contributed by atoms with Crippen LogP contribution in [0.1, 0.15) is 24.0 Å². The summed E-state index contributed by atoms with van der Waals surface area (Å²) >= 11 is 0. The summed E-state index contributed by atoms with van der Waals surface area (Å²) in [5.74, 6) is 3.78. The van der Waals surface area contributed by atoms with Crippen LogP contribution in [0.2, 0.25) is 0 Å². The lowest BCUT2D eigenvalue weighted by molar-refractivity contribution is -0.159. The van der Waals surface area contributed by atoms with Crippen molar-refractivity contribution in [3.05, 3.63) is 35.4 Å². The first-order chi connectivity index (χ1) is 10.0. The predicted molar refractivity (Wildman–Crippen MR) is 73.6 cm³/mol. The fourth-order valence-corrected chi connectivity index (χ4v) is 2.07. The average Bonchev–Trinajstić information content (AvgIpc) is 2.50. The Bertz CT molecular complexity index is 540. The topological polar surface area (TPSA) is 102 Å². The third-order valence-corrected chi connectivity index (χ3v) is 3.41. The molecule has 1 unspecified atom stereocenters. The number of benzene rings is 1. The minimum atomic E-state index is -0.365. The zero-order valence-corrected chi connectivity index (χ0v) is 11.7. The van der Waals surface area contributed by atoms with Crippen LogP contribution in [0.15, 0.2) is 24.3 Å². The van der Waals surface area contributed by atoms with Gasteiger partial charge in [-0.25, -0.2) is 5.84 Å². The summed E-state index contributed by atoms with van der Waals surface area (Å²) in [7, 11) is 0. The van der Waals surface area contributed by atoms with Crippen LogP contribution in [-0.4, -0.2) is 35.8 Å². The van der Waals surface area contributed by atoms with Crippen LogP contribution >= 0.6 is 0 Å². The lowest BCUT2D eigenvalue weighted by Crippen LogP contribution is -2.45. The summed E-state index contributed by atoms with van der Waals surface area (Å²) in [6.07, 6.45) is 0. The van der Waals surface area contributed by atoms with Gasteiger partial charge < -0.3 is 4.74 Å². The van der Waals surface area contributed by atoms with Crippen molar-refractivity contribution in [3.8, 4) is 0 Å². The van der Waals surface area contributed by atoms with Crippen molar-refractivity contribution in [1.82, 2.24) is 10.3 Å². The molecule has 3 amide bonds. The van der Waals surface area contributed by atoms with E-state index in [-0.39, 0.29) is 43.4 Å². The van der Waals surface area contributed by atoms with E-state index in [1.54, 1.807) is 31.2 Å². The van der Waals surface area contributed by atoms with Crippen LogP contribution in [0.4, 0.5) is 0 Å². The molecular formula is C14H17N3O4. The second kappa shape index (κ2) is 6.47. The molecule has 1 atom stereocenters. The number of nitrogens with two attached hydrogens (primary N) is 1. The first-order valence-electron chi connectivity index (χ1n) is 6.53. The van der Waals surface area contributed by atoms with Gasteiger partial charge in [0, 0.05) is 0 Å². The first kappa shape index (κ1) is 15.1. The van der Waals surface area contributed by atoms with Gasteiger partial charge in [0.05, 0.1) is 12.5 Å². The number of ether oxygens (including phenoxy) is 1. The van der Waals surface area contributed by atoms with Gasteiger partial charge in [-0.2, -0.15) is 0 Å². The number of rotatable bonds is 4. The Hall–Kier alpha value is -2.25. The van der Waals surface area contributed by atoms with Crippen LogP contribution in [0.5, 0.6) is 0 Å². The van der Waals surface area contributed by atoms with Crippen molar-refractivity contribution in [1.29, 1.82) is 0 Å². The van der Waals surface area contributed by atoms with Gasteiger partial charge in [0.15, 0.2) is 0 Å². The number of hydrazine groups is 1. The van der Waals surface area contributed by atoms with Gasteiger partial charge in [0.2, 0.25) is 5.91 Å². The van der Waals surface area contributed by atoms with E-state index in [4.69, 9.17) is 10.6 Å². The third-order valence-electron chi connectivity index (χ3n) is 3.41. The van der Waals surface area contributed by atoms with Gasteiger partial charge in [-0.1, -0.05) is 24.3 Å². The Morgan fingerprint density at radius 3 is 2.38 bits per heavy atom. The second-order valence-corrected chi connectivity index (χ2v) is 4.84. The van der Waals surface area contributed by atoms with Crippen molar-refractivity contribution in [2.75, 3.05) is 13.2 Å². The van der Waals surface area contributed by atoms with Gasteiger partial charge >= 0.3 is 0 Å². The van der Waals surface area contributed by atoms with E-state index in [9.17, 15) is 14.4 Å². The van der Waals surface area contributed by atoms with Gasteiger partial charge in [0.1, 0.15) is 13.2 Å².